The lowest BCUT2D eigenvalue weighted by atomic mass is 9.99. The van der Waals surface area contributed by atoms with Crippen LogP contribution in [0.3, 0.4) is 0 Å². The minimum Gasteiger partial charge on any atom is -0.445 e. The summed E-state index contributed by atoms with van der Waals surface area (Å²) in [7, 11) is 0. The quantitative estimate of drug-likeness (QED) is 0.751. The van der Waals surface area contributed by atoms with Crippen LogP contribution < -0.4 is 5.32 Å². The van der Waals surface area contributed by atoms with Crippen molar-refractivity contribution < 1.29 is 24.1 Å². The number of alkyl carbamates (subject to hydrolysis) is 1. The lowest BCUT2D eigenvalue weighted by molar-refractivity contribution is 0.0183. The molecule has 134 valence electrons. The molecule has 3 N–H and O–H groups in total. The van der Waals surface area contributed by atoms with E-state index >= 15 is 0 Å². The number of rotatable bonds is 6. The Morgan fingerprint density at radius 1 is 1.16 bits per heavy atom. The maximum Gasteiger partial charge on any atom is 0.407 e. The first-order valence-electron chi connectivity index (χ1n) is 7.96. The van der Waals surface area contributed by atoms with Gasteiger partial charge in [-0.2, -0.15) is 0 Å². The number of aryl methyl sites for hydroxylation is 2. The van der Waals surface area contributed by atoms with E-state index in [1.54, 1.807) is 13.8 Å². The molecule has 0 saturated heterocycles. The van der Waals surface area contributed by atoms with Crippen molar-refractivity contribution in [3.8, 4) is 0 Å². The first kappa shape index (κ1) is 18.9. The highest BCUT2D eigenvalue weighted by Gasteiger charge is 2.21. The van der Waals surface area contributed by atoms with Gasteiger partial charge in [-0.1, -0.05) is 42.5 Å². The second kappa shape index (κ2) is 8.60. The number of ether oxygens (including phenoxy) is 1. The van der Waals surface area contributed by atoms with E-state index in [1.807, 2.05) is 30.3 Å². The minimum atomic E-state index is -1.24. The van der Waals surface area contributed by atoms with Gasteiger partial charge in [0.05, 0.1) is 0 Å². The average Bonchev–Trinajstić information content (AvgIpc) is 2.62. The molecule has 0 aliphatic carbocycles. The summed E-state index contributed by atoms with van der Waals surface area (Å²) in [6.07, 6.45) is -3.18. The van der Waals surface area contributed by atoms with E-state index < -0.39 is 18.3 Å². The smallest absolute Gasteiger partial charge is 0.407 e. The fraction of sp³-hybridized carbons (Fsp3) is 0.316. The van der Waals surface area contributed by atoms with Crippen molar-refractivity contribution in [3.05, 3.63) is 70.5 Å². The molecule has 25 heavy (non-hydrogen) atoms. The molecular weight excluding hydrogens is 325 g/mol. The molecule has 5 nitrogen and oxygen atoms in total. The van der Waals surface area contributed by atoms with E-state index in [0.717, 1.165) is 5.56 Å². The van der Waals surface area contributed by atoms with Gasteiger partial charge < -0.3 is 20.3 Å². The van der Waals surface area contributed by atoms with Crippen LogP contribution in [0.25, 0.3) is 0 Å². The van der Waals surface area contributed by atoms with Crippen molar-refractivity contribution in [2.45, 2.75) is 32.7 Å². The number of hydrogen-bond donors (Lipinski definition) is 3. The van der Waals surface area contributed by atoms with Crippen molar-refractivity contribution in [1.29, 1.82) is 0 Å². The number of benzene rings is 2. The number of amides is 1. The van der Waals surface area contributed by atoms with E-state index in [-0.39, 0.29) is 19.0 Å². The number of carbonyl (C=O) groups is 1. The fourth-order valence-electron chi connectivity index (χ4n) is 2.45. The highest BCUT2D eigenvalue weighted by atomic mass is 19.1. The molecule has 2 unspecified atom stereocenters. The first-order chi connectivity index (χ1) is 11.9. The Bertz CT molecular complexity index is 698. The molecule has 6 heteroatoms. The number of nitrogens with one attached hydrogen (secondary N) is 1. The maximum atomic E-state index is 13.6. The minimum absolute atomic E-state index is 0.113. The van der Waals surface area contributed by atoms with E-state index in [9.17, 15) is 19.4 Å². The maximum absolute atomic E-state index is 13.6. The molecule has 0 aliphatic rings. The van der Waals surface area contributed by atoms with Crippen LogP contribution in [0.1, 0.15) is 28.4 Å². The van der Waals surface area contributed by atoms with Gasteiger partial charge in [0.2, 0.25) is 0 Å². The van der Waals surface area contributed by atoms with Gasteiger partial charge in [-0.15, -0.1) is 0 Å². The molecule has 0 aliphatic heterocycles. The zero-order chi connectivity index (χ0) is 18.4. The predicted octanol–water partition coefficient (Wildman–Crippen LogP) is 2.76. The van der Waals surface area contributed by atoms with Crippen LogP contribution in [0.5, 0.6) is 0 Å². The third-order valence-corrected chi connectivity index (χ3v) is 3.83. The largest absolute Gasteiger partial charge is 0.445 e. The molecule has 0 saturated carbocycles. The van der Waals surface area contributed by atoms with Crippen LogP contribution in [0.15, 0.2) is 42.5 Å². The van der Waals surface area contributed by atoms with Crippen LogP contribution in [0, 0.1) is 19.7 Å². The molecule has 2 aromatic rings. The van der Waals surface area contributed by atoms with Crippen molar-refractivity contribution in [2.75, 3.05) is 6.54 Å². The van der Waals surface area contributed by atoms with Crippen LogP contribution >= 0.6 is 0 Å². The van der Waals surface area contributed by atoms with Gasteiger partial charge >= 0.3 is 6.09 Å². The zero-order valence-corrected chi connectivity index (χ0v) is 14.2. The summed E-state index contributed by atoms with van der Waals surface area (Å²) in [6.45, 7) is 3.10. The van der Waals surface area contributed by atoms with Gasteiger partial charge in [0, 0.05) is 6.54 Å². The Morgan fingerprint density at radius 2 is 1.76 bits per heavy atom. The van der Waals surface area contributed by atoms with E-state index in [2.05, 4.69) is 5.32 Å². The summed E-state index contributed by atoms with van der Waals surface area (Å²) >= 11 is 0. The van der Waals surface area contributed by atoms with E-state index in [0.29, 0.717) is 16.7 Å². The average molecular weight is 347 g/mol. The van der Waals surface area contributed by atoms with E-state index in [4.69, 9.17) is 4.74 Å². The van der Waals surface area contributed by atoms with Gasteiger partial charge in [0.1, 0.15) is 24.6 Å². The van der Waals surface area contributed by atoms with Gasteiger partial charge in [-0.3, -0.25) is 0 Å². The normalized spacial score (nSPS) is 13.2. The molecule has 0 fully saturated rings. The fourth-order valence-corrected chi connectivity index (χ4v) is 2.45. The summed E-state index contributed by atoms with van der Waals surface area (Å²) in [5.74, 6) is -0.340. The molecule has 2 atom stereocenters. The van der Waals surface area contributed by atoms with Gasteiger partial charge in [0.15, 0.2) is 0 Å². The lowest BCUT2D eigenvalue weighted by Gasteiger charge is -2.20. The van der Waals surface area contributed by atoms with Gasteiger partial charge in [0.25, 0.3) is 0 Å². The molecule has 0 spiro atoms. The van der Waals surface area contributed by atoms with Crippen molar-refractivity contribution in [1.82, 2.24) is 5.32 Å². The first-order valence-corrected chi connectivity index (χ1v) is 7.96. The number of hydrogen-bond acceptors (Lipinski definition) is 4. The Kier molecular flexibility index (Phi) is 6.50. The van der Waals surface area contributed by atoms with E-state index in [1.165, 1.54) is 12.1 Å². The SMILES string of the molecule is Cc1cc(C(O)C(O)CNC(=O)OCc2ccccc2)cc(C)c1F. The Morgan fingerprint density at radius 3 is 2.36 bits per heavy atom. The Balaban J connectivity index is 1.84. The third kappa shape index (κ3) is 5.27. The summed E-state index contributed by atoms with van der Waals surface area (Å²) in [4.78, 5) is 11.7. The predicted molar refractivity (Wildman–Crippen MR) is 91.5 cm³/mol. The number of carbonyl (C=O) groups excluding carboxylic acids is 1. The summed E-state index contributed by atoms with van der Waals surface area (Å²) in [5, 5.41) is 22.6. The van der Waals surface area contributed by atoms with Crippen molar-refractivity contribution in [3.63, 3.8) is 0 Å². The standard InChI is InChI=1S/C19H22FNO4/c1-12-8-15(9-13(2)17(12)20)18(23)16(22)10-21-19(24)25-11-14-6-4-3-5-7-14/h3-9,16,18,22-23H,10-11H2,1-2H3,(H,21,24). The monoisotopic (exact) mass is 347 g/mol. The van der Waals surface area contributed by atoms with Gasteiger partial charge in [-0.05, 0) is 36.1 Å². The highest BCUT2D eigenvalue weighted by molar-refractivity contribution is 5.67. The molecule has 0 aromatic heterocycles. The number of aliphatic hydroxyl groups excluding tert-OH is 2. The van der Waals surface area contributed by atoms with Crippen LogP contribution in [-0.4, -0.2) is 29.0 Å². The Labute approximate surface area is 146 Å². The molecule has 0 heterocycles. The summed E-state index contributed by atoms with van der Waals surface area (Å²) < 4.78 is 18.7. The topological polar surface area (TPSA) is 78.8 Å². The van der Waals surface area contributed by atoms with Crippen molar-refractivity contribution in [2.24, 2.45) is 0 Å². The van der Waals surface area contributed by atoms with Crippen molar-refractivity contribution >= 4 is 6.09 Å². The molecule has 1 amide bonds. The molecule has 2 rings (SSSR count). The zero-order valence-electron chi connectivity index (χ0n) is 14.2. The summed E-state index contributed by atoms with van der Waals surface area (Å²) in [5.41, 5.74) is 2.01. The molecule has 0 radical (unpaired) electrons. The molecular formula is C19H22FNO4. The summed E-state index contributed by atoms with van der Waals surface area (Å²) in [6, 6.07) is 12.1. The lowest BCUT2D eigenvalue weighted by Crippen LogP contribution is -2.35. The van der Waals surface area contributed by atoms with Crippen LogP contribution in [0.2, 0.25) is 0 Å². The number of halogens is 1. The molecule has 0 bridgehead atoms. The Hall–Kier alpha value is -2.44. The van der Waals surface area contributed by atoms with Crippen LogP contribution in [-0.2, 0) is 11.3 Å². The van der Waals surface area contributed by atoms with Crippen LogP contribution in [0.4, 0.5) is 9.18 Å². The second-order valence-electron chi connectivity index (χ2n) is 5.92. The third-order valence-electron chi connectivity index (χ3n) is 3.83. The van der Waals surface area contributed by atoms with Gasteiger partial charge in [-0.25, -0.2) is 9.18 Å². The number of aliphatic hydroxyl groups is 2. The second-order valence-corrected chi connectivity index (χ2v) is 5.92. The molecule has 2 aromatic carbocycles. The highest BCUT2D eigenvalue weighted by Crippen LogP contribution is 2.22.